The Hall–Kier alpha value is -3.20. The van der Waals surface area contributed by atoms with Crippen LogP contribution in [0, 0.1) is 30.9 Å². The zero-order valence-electron chi connectivity index (χ0n) is 16.8. The molecule has 0 saturated carbocycles. The minimum absolute atomic E-state index is 0.166. The van der Waals surface area contributed by atoms with Gasteiger partial charge in [0.25, 0.3) is 5.69 Å². The number of rotatable bonds is 7. The third-order valence-electron chi connectivity index (χ3n) is 4.55. The largest absolute Gasteiger partial charge is 0.457 e. The lowest BCUT2D eigenvalue weighted by Crippen LogP contribution is -2.15. The number of anilines is 1. The maximum atomic E-state index is 12.3. The van der Waals surface area contributed by atoms with Crippen molar-refractivity contribution in [2.45, 2.75) is 33.7 Å². The molecular formula is C21H21BrN4O4. The molecule has 0 radical (unpaired) electrons. The first-order valence-electron chi connectivity index (χ1n) is 9.24. The standard InChI is InChI=1S/C21H21BrN4O4/c1-13-6-14(2)15(3)20(7-13)30-19-9-17(8-18(10-19)26(28)29)24-21(27)4-5-25-12-16(22)11-23-25/h6-12H,4-5H2,1-3H3,(H,24,27). The van der Waals surface area contributed by atoms with E-state index >= 15 is 0 Å². The van der Waals surface area contributed by atoms with E-state index in [4.69, 9.17) is 4.74 Å². The molecular weight excluding hydrogens is 452 g/mol. The van der Waals surface area contributed by atoms with E-state index in [2.05, 4.69) is 26.3 Å². The summed E-state index contributed by atoms with van der Waals surface area (Å²) in [6.45, 7) is 6.25. The molecule has 30 heavy (non-hydrogen) atoms. The van der Waals surface area contributed by atoms with E-state index in [-0.39, 0.29) is 23.8 Å². The van der Waals surface area contributed by atoms with Crippen LogP contribution in [-0.2, 0) is 11.3 Å². The van der Waals surface area contributed by atoms with E-state index < -0.39 is 4.92 Å². The van der Waals surface area contributed by atoms with Crippen LogP contribution < -0.4 is 10.1 Å². The molecule has 0 saturated heterocycles. The van der Waals surface area contributed by atoms with Gasteiger partial charge in [0.05, 0.1) is 27.3 Å². The highest BCUT2D eigenvalue weighted by molar-refractivity contribution is 9.10. The van der Waals surface area contributed by atoms with Crippen molar-refractivity contribution in [2.24, 2.45) is 0 Å². The Bertz CT molecular complexity index is 1110. The van der Waals surface area contributed by atoms with Crippen LogP contribution in [-0.4, -0.2) is 20.6 Å². The molecule has 0 aliphatic rings. The van der Waals surface area contributed by atoms with Crippen LogP contribution in [0.3, 0.4) is 0 Å². The van der Waals surface area contributed by atoms with E-state index in [1.54, 1.807) is 23.1 Å². The van der Waals surface area contributed by atoms with Gasteiger partial charge in [-0.3, -0.25) is 19.6 Å². The average Bonchev–Trinajstić information content (AvgIpc) is 3.09. The van der Waals surface area contributed by atoms with Crippen molar-refractivity contribution in [1.29, 1.82) is 0 Å². The summed E-state index contributed by atoms with van der Waals surface area (Å²) in [5, 5.41) is 18.2. The zero-order chi connectivity index (χ0) is 21.8. The number of nitro groups is 1. The molecule has 156 valence electrons. The maximum absolute atomic E-state index is 12.3. The fraction of sp³-hybridized carbons (Fsp3) is 0.238. The fourth-order valence-corrected chi connectivity index (χ4v) is 3.28. The van der Waals surface area contributed by atoms with Gasteiger partial charge < -0.3 is 10.1 Å². The third-order valence-corrected chi connectivity index (χ3v) is 4.96. The molecule has 1 amide bonds. The second-order valence-electron chi connectivity index (χ2n) is 7.00. The molecule has 3 rings (SSSR count). The molecule has 3 aromatic rings. The van der Waals surface area contributed by atoms with E-state index in [9.17, 15) is 14.9 Å². The van der Waals surface area contributed by atoms with E-state index in [0.29, 0.717) is 18.0 Å². The zero-order valence-corrected chi connectivity index (χ0v) is 18.4. The second kappa shape index (κ2) is 9.08. The Kier molecular flexibility index (Phi) is 6.51. The fourth-order valence-electron chi connectivity index (χ4n) is 2.95. The Morgan fingerprint density at radius 1 is 1.23 bits per heavy atom. The molecule has 0 aliphatic heterocycles. The molecule has 0 fully saturated rings. The Morgan fingerprint density at radius 3 is 2.67 bits per heavy atom. The number of carbonyl (C=O) groups excluding carboxylic acids is 1. The van der Waals surface area contributed by atoms with E-state index in [1.165, 1.54) is 12.1 Å². The Morgan fingerprint density at radius 2 is 2.00 bits per heavy atom. The normalized spacial score (nSPS) is 10.7. The highest BCUT2D eigenvalue weighted by atomic mass is 79.9. The van der Waals surface area contributed by atoms with E-state index in [0.717, 1.165) is 21.2 Å². The first kappa shape index (κ1) is 21.5. The number of hydrogen-bond donors (Lipinski definition) is 1. The van der Waals surface area contributed by atoms with Gasteiger partial charge >= 0.3 is 0 Å². The smallest absolute Gasteiger partial charge is 0.275 e. The van der Waals surface area contributed by atoms with Crippen LogP contribution in [0.5, 0.6) is 11.5 Å². The number of ether oxygens (including phenoxy) is 1. The molecule has 2 aromatic carbocycles. The first-order valence-corrected chi connectivity index (χ1v) is 10.0. The van der Waals surface area contributed by atoms with Gasteiger partial charge in [0.2, 0.25) is 5.91 Å². The predicted octanol–water partition coefficient (Wildman–Crippen LogP) is 5.30. The van der Waals surface area contributed by atoms with Crippen molar-refractivity contribution in [3.05, 3.63) is 74.0 Å². The van der Waals surface area contributed by atoms with Crippen molar-refractivity contribution in [3.8, 4) is 11.5 Å². The summed E-state index contributed by atoms with van der Waals surface area (Å²) in [4.78, 5) is 23.1. The summed E-state index contributed by atoms with van der Waals surface area (Å²) in [7, 11) is 0. The maximum Gasteiger partial charge on any atom is 0.275 e. The number of aryl methyl sites for hydroxylation is 3. The number of nitrogens with one attached hydrogen (secondary N) is 1. The summed E-state index contributed by atoms with van der Waals surface area (Å²) >= 11 is 3.30. The van der Waals surface area contributed by atoms with E-state index in [1.807, 2.05) is 32.9 Å². The lowest BCUT2D eigenvalue weighted by Gasteiger charge is -2.13. The highest BCUT2D eigenvalue weighted by Crippen LogP contribution is 2.33. The molecule has 1 N–H and O–H groups in total. The second-order valence-corrected chi connectivity index (χ2v) is 7.92. The molecule has 0 unspecified atom stereocenters. The Labute approximate surface area is 182 Å². The van der Waals surface area contributed by atoms with Gasteiger partial charge in [-0.25, -0.2) is 0 Å². The number of hydrogen-bond acceptors (Lipinski definition) is 5. The molecule has 9 heteroatoms. The number of non-ortho nitro benzene ring substituents is 1. The SMILES string of the molecule is Cc1cc(C)c(C)c(Oc2cc(NC(=O)CCn3cc(Br)cn3)cc([N+](=O)[O-])c2)c1. The summed E-state index contributed by atoms with van der Waals surface area (Å²) in [5.41, 5.74) is 3.17. The molecule has 1 aromatic heterocycles. The number of benzene rings is 2. The topological polar surface area (TPSA) is 99.3 Å². The van der Waals surface area contributed by atoms with Crippen LogP contribution in [0.15, 0.2) is 47.2 Å². The van der Waals surface area contributed by atoms with Gasteiger partial charge in [-0.05, 0) is 59.5 Å². The van der Waals surface area contributed by atoms with Gasteiger partial charge in [0.15, 0.2) is 0 Å². The van der Waals surface area contributed by atoms with Crippen LogP contribution in [0.1, 0.15) is 23.1 Å². The quantitative estimate of drug-likeness (QED) is 0.371. The van der Waals surface area contributed by atoms with Crippen molar-refractivity contribution in [3.63, 3.8) is 0 Å². The number of amides is 1. The monoisotopic (exact) mass is 472 g/mol. The number of halogens is 1. The number of nitro benzene ring substituents is 1. The van der Waals surface area contributed by atoms with Crippen molar-refractivity contribution < 1.29 is 14.5 Å². The molecule has 0 aliphatic carbocycles. The van der Waals surface area contributed by atoms with Crippen LogP contribution in [0.25, 0.3) is 0 Å². The Balaban J connectivity index is 1.79. The van der Waals surface area contributed by atoms with Crippen LogP contribution in [0.2, 0.25) is 0 Å². The summed E-state index contributed by atoms with van der Waals surface area (Å²) < 4.78 is 8.40. The van der Waals surface area contributed by atoms with Gasteiger partial charge in [-0.1, -0.05) is 6.07 Å². The average molecular weight is 473 g/mol. The number of carbonyl (C=O) groups is 1. The van der Waals surface area contributed by atoms with Crippen molar-refractivity contribution >= 4 is 33.2 Å². The minimum atomic E-state index is -0.516. The molecule has 8 nitrogen and oxygen atoms in total. The number of aromatic nitrogens is 2. The summed E-state index contributed by atoms with van der Waals surface area (Å²) in [6, 6.07) is 8.14. The predicted molar refractivity (Wildman–Crippen MR) is 117 cm³/mol. The number of nitrogens with zero attached hydrogens (tertiary/aromatic N) is 3. The lowest BCUT2D eigenvalue weighted by molar-refractivity contribution is -0.384. The molecule has 0 spiro atoms. The van der Waals surface area contributed by atoms with Crippen LogP contribution in [0.4, 0.5) is 11.4 Å². The van der Waals surface area contributed by atoms with Crippen LogP contribution >= 0.6 is 15.9 Å². The molecule has 1 heterocycles. The summed E-state index contributed by atoms with van der Waals surface area (Å²) in [5.74, 6) is 0.619. The lowest BCUT2D eigenvalue weighted by atomic mass is 10.1. The minimum Gasteiger partial charge on any atom is -0.457 e. The van der Waals surface area contributed by atoms with Gasteiger partial charge in [-0.15, -0.1) is 0 Å². The van der Waals surface area contributed by atoms with Gasteiger partial charge in [0.1, 0.15) is 11.5 Å². The first-order chi connectivity index (χ1) is 14.2. The molecule has 0 bridgehead atoms. The summed E-state index contributed by atoms with van der Waals surface area (Å²) in [6.07, 6.45) is 3.57. The molecule has 0 atom stereocenters. The van der Waals surface area contributed by atoms with Gasteiger partial charge in [-0.2, -0.15) is 5.10 Å². The third kappa shape index (κ3) is 5.44. The highest BCUT2D eigenvalue weighted by Gasteiger charge is 2.14. The van der Waals surface area contributed by atoms with Crippen molar-refractivity contribution in [1.82, 2.24) is 9.78 Å². The van der Waals surface area contributed by atoms with Crippen molar-refractivity contribution in [2.75, 3.05) is 5.32 Å². The van der Waals surface area contributed by atoms with Gasteiger partial charge in [0, 0.05) is 31.3 Å².